The summed E-state index contributed by atoms with van der Waals surface area (Å²) in [5.74, 6) is 2.56. The molecule has 3 atom stereocenters. The molecule has 3 heterocycles. The van der Waals surface area contributed by atoms with Gasteiger partial charge in [-0.2, -0.15) is 4.98 Å². The zero-order valence-corrected chi connectivity index (χ0v) is 22.8. The molecule has 3 unspecified atom stereocenters. The summed E-state index contributed by atoms with van der Waals surface area (Å²) in [4.78, 5) is 24.9. The molecule has 4 N–H and O–H groups in total. The lowest BCUT2D eigenvalue weighted by atomic mass is 9.83. The first-order valence-corrected chi connectivity index (χ1v) is 13.9. The SMILES string of the molecule is CC(C)NC(=O)c1cc2ccc(-c3nc(NC4CCC5NNCC5C4)cc(OCCN(C)C)n3)cc2s1. The molecule has 1 saturated carbocycles. The van der Waals surface area contributed by atoms with Gasteiger partial charge in [-0.1, -0.05) is 12.1 Å². The highest BCUT2D eigenvalue weighted by Crippen LogP contribution is 2.32. The van der Waals surface area contributed by atoms with E-state index >= 15 is 0 Å². The largest absolute Gasteiger partial charge is 0.476 e. The quantitative estimate of drug-likeness (QED) is 0.338. The first-order chi connectivity index (χ1) is 17.8. The fourth-order valence-electron chi connectivity index (χ4n) is 4.99. The number of nitrogens with one attached hydrogen (secondary N) is 4. The van der Waals surface area contributed by atoms with Crippen LogP contribution < -0.4 is 26.2 Å². The average molecular weight is 524 g/mol. The lowest BCUT2D eigenvalue weighted by Crippen LogP contribution is -2.39. The van der Waals surface area contributed by atoms with Crippen molar-refractivity contribution < 1.29 is 9.53 Å². The average Bonchev–Trinajstić information content (AvgIpc) is 3.49. The van der Waals surface area contributed by atoms with E-state index in [-0.39, 0.29) is 11.9 Å². The summed E-state index contributed by atoms with van der Waals surface area (Å²) in [7, 11) is 4.05. The van der Waals surface area contributed by atoms with Gasteiger partial charge in [0.25, 0.3) is 5.91 Å². The highest BCUT2D eigenvalue weighted by molar-refractivity contribution is 7.20. The Morgan fingerprint density at radius 1 is 1.22 bits per heavy atom. The van der Waals surface area contributed by atoms with Crippen LogP contribution in [0.1, 0.15) is 42.8 Å². The lowest BCUT2D eigenvalue weighted by molar-refractivity contribution is 0.0947. The number of rotatable bonds is 9. The van der Waals surface area contributed by atoms with E-state index in [0.717, 1.165) is 53.8 Å². The van der Waals surface area contributed by atoms with E-state index in [0.29, 0.717) is 41.2 Å². The molecule has 2 aliphatic rings. The van der Waals surface area contributed by atoms with Gasteiger partial charge >= 0.3 is 0 Å². The van der Waals surface area contributed by atoms with Crippen LogP contribution in [0.4, 0.5) is 5.82 Å². The Hall–Kier alpha value is -2.79. The van der Waals surface area contributed by atoms with Crippen molar-refractivity contribution in [1.82, 2.24) is 31.0 Å². The number of thiophene rings is 1. The predicted octanol–water partition coefficient (Wildman–Crippen LogP) is 3.49. The van der Waals surface area contributed by atoms with E-state index in [9.17, 15) is 4.79 Å². The number of carbonyl (C=O) groups excluding carboxylic acids is 1. The van der Waals surface area contributed by atoms with Crippen LogP contribution in [0.15, 0.2) is 30.3 Å². The first kappa shape index (κ1) is 25.8. The number of anilines is 1. The minimum atomic E-state index is -0.0424. The lowest BCUT2D eigenvalue weighted by Gasteiger charge is -2.31. The molecule has 0 bridgehead atoms. The molecule has 0 radical (unpaired) electrons. The third kappa shape index (κ3) is 6.38. The van der Waals surface area contributed by atoms with Gasteiger partial charge < -0.3 is 20.3 Å². The molecule has 37 heavy (non-hydrogen) atoms. The molecule has 0 spiro atoms. The number of carbonyl (C=O) groups is 1. The molecule has 9 nitrogen and oxygen atoms in total. The zero-order valence-electron chi connectivity index (χ0n) is 22.0. The van der Waals surface area contributed by atoms with Crippen LogP contribution >= 0.6 is 11.3 Å². The van der Waals surface area contributed by atoms with Crippen molar-refractivity contribution in [2.45, 2.75) is 51.2 Å². The third-order valence-corrected chi connectivity index (χ3v) is 8.00. The van der Waals surface area contributed by atoms with E-state index < -0.39 is 0 Å². The molecule has 5 rings (SSSR count). The minimum absolute atomic E-state index is 0.0424. The van der Waals surface area contributed by atoms with E-state index in [2.05, 4.69) is 32.5 Å². The van der Waals surface area contributed by atoms with Gasteiger partial charge in [-0.05, 0) is 70.6 Å². The Morgan fingerprint density at radius 2 is 2.08 bits per heavy atom. The molecule has 10 heteroatoms. The van der Waals surface area contributed by atoms with Crippen molar-refractivity contribution in [3.05, 3.63) is 35.2 Å². The van der Waals surface area contributed by atoms with Crippen molar-refractivity contribution >= 4 is 33.1 Å². The number of hydrogen-bond donors (Lipinski definition) is 4. The Bertz CT molecular complexity index is 1240. The highest BCUT2D eigenvalue weighted by atomic mass is 32.1. The van der Waals surface area contributed by atoms with E-state index in [1.165, 1.54) is 11.3 Å². The van der Waals surface area contributed by atoms with Crippen LogP contribution in [0.3, 0.4) is 0 Å². The minimum Gasteiger partial charge on any atom is -0.476 e. The number of benzene rings is 1. The smallest absolute Gasteiger partial charge is 0.261 e. The number of amides is 1. The van der Waals surface area contributed by atoms with Gasteiger partial charge in [-0.3, -0.25) is 15.6 Å². The van der Waals surface area contributed by atoms with Crippen molar-refractivity contribution in [2.75, 3.05) is 39.1 Å². The van der Waals surface area contributed by atoms with Crippen LogP contribution in [-0.4, -0.2) is 72.7 Å². The Balaban J connectivity index is 1.40. The monoisotopic (exact) mass is 523 g/mol. The van der Waals surface area contributed by atoms with Crippen molar-refractivity contribution in [3.63, 3.8) is 0 Å². The third-order valence-electron chi connectivity index (χ3n) is 6.90. The van der Waals surface area contributed by atoms with Gasteiger partial charge in [0.05, 0.1) is 4.88 Å². The van der Waals surface area contributed by atoms with Crippen LogP contribution in [0.5, 0.6) is 5.88 Å². The maximum Gasteiger partial charge on any atom is 0.261 e. The predicted molar refractivity (Wildman–Crippen MR) is 149 cm³/mol. The first-order valence-electron chi connectivity index (χ1n) is 13.1. The molecule has 1 amide bonds. The van der Waals surface area contributed by atoms with Gasteiger partial charge in [-0.25, -0.2) is 4.98 Å². The van der Waals surface area contributed by atoms with Gasteiger partial charge in [0.2, 0.25) is 5.88 Å². The normalized spacial score (nSPS) is 21.4. The van der Waals surface area contributed by atoms with E-state index in [1.807, 2.05) is 52.2 Å². The highest BCUT2D eigenvalue weighted by Gasteiger charge is 2.33. The summed E-state index contributed by atoms with van der Waals surface area (Å²) < 4.78 is 7.07. The van der Waals surface area contributed by atoms with E-state index in [4.69, 9.17) is 14.7 Å². The number of fused-ring (bicyclic) bond motifs is 2. The molecular formula is C27H37N7O2S. The van der Waals surface area contributed by atoms with Crippen molar-refractivity contribution in [3.8, 4) is 17.3 Å². The van der Waals surface area contributed by atoms with Crippen LogP contribution in [0.2, 0.25) is 0 Å². The van der Waals surface area contributed by atoms with Gasteiger partial charge in [0.1, 0.15) is 12.4 Å². The number of nitrogens with zero attached hydrogens (tertiary/aromatic N) is 3. The van der Waals surface area contributed by atoms with Crippen molar-refractivity contribution in [1.29, 1.82) is 0 Å². The molecule has 1 aromatic carbocycles. The second kappa shape index (κ2) is 11.3. The summed E-state index contributed by atoms with van der Waals surface area (Å²) in [6.07, 6.45) is 3.33. The number of aromatic nitrogens is 2. The molecule has 3 aromatic rings. The van der Waals surface area contributed by atoms with E-state index in [1.54, 1.807) is 0 Å². The molecule has 198 valence electrons. The summed E-state index contributed by atoms with van der Waals surface area (Å²) in [5, 5.41) is 7.68. The Morgan fingerprint density at radius 3 is 2.89 bits per heavy atom. The van der Waals surface area contributed by atoms with Gasteiger partial charge in [0.15, 0.2) is 5.82 Å². The fraction of sp³-hybridized carbons (Fsp3) is 0.519. The fourth-order valence-corrected chi connectivity index (χ4v) is 6.00. The number of hydrazine groups is 1. The molecule has 2 aromatic heterocycles. The Labute approximate surface area is 222 Å². The maximum atomic E-state index is 12.5. The topological polar surface area (TPSA) is 103 Å². The number of hydrogen-bond acceptors (Lipinski definition) is 9. The van der Waals surface area contributed by atoms with Crippen LogP contribution in [0.25, 0.3) is 21.5 Å². The number of ether oxygens (including phenoxy) is 1. The zero-order chi connectivity index (χ0) is 25.9. The second-order valence-electron chi connectivity index (χ2n) is 10.6. The summed E-state index contributed by atoms with van der Waals surface area (Å²) in [6, 6.07) is 11.0. The van der Waals surface area contributed by atoms with Crippen LogP contribution in [-0.2, 0) is 0 Å². The van der Waals surface area contributed by atoms with Gasteiger partial charge in [0, 0.05) is 47.5 Å². The summed E-state index contributed by atoms with van der Waals surface area (Å²) in [5.41, 5.74) is 7.60. The van der Waals surface area contributed by atoms with Gasteiger partial charge in [-0.15, -0.1) is 11.3 Å². The molecular weight excluding hydrogens is 486 g/mol. The maximum absolute atomic E-state index is 12.5. The molecule has 1 aliphatic carbocycles. The molecule has 2 fully saturated rings. The summed E-state index contributed by atoms with van der Waals surface area (Å²) >= 11 is 1.49. The van der Waals surface area contributed by atoms with Crippen LogP contribution in [0, 0.1) is 5.92 Å². The summed E-state index contributed by atoms with van der Waals surface area (Å²) in [6.45, 7) is 6.29. The van der Waals surface area contributed by atoms with Crippen molar-refractivity contribution in [2.24, 2.45) is 5.92 Å². The second-order valence-corrected chi connectivity index (χ2v) is 11.7. The number of likely N-dealkylation sites (N-methyl/N-ethyl adjacent to an activating group) is 1. The Kier molecular flexibility index (Phi) is 7.89. The molecule has 1 saturated heterocycles. The standard InChI is InChI=1S/C27H37N7O2S/c1-16(2)29-27(35)23-12-17-5-6-18(13-22(17)37-23)26-31-24(14-25(32-26)36-10-9-34(3)4)30-20-7-8-21-19(11-20)15-28-33-21/h5-6,12-14,16,19-21,28,33H,7-11,15H2,1-4H3,(H,29,35)(H,30,31,32). The molecule has 1 aliphatic heterocycles.